The van der Waals surface area contributed by atoms with E-state index in [0.29, 0.717) is 0 Å². The van der Waals surface area contributed by atoms with Crippen molar-refractivity contribution in [3.63, 3.8) is 0 Å². The second-order valence-electron chi connectivity index (χ2n) is 7.46. The van der Waals surface area contributed by atoms with Crippen LogP contribution in [0.4, 0.5) is 11.4 Å². The fourth-order valence-electron chi connectivity index (χ4n) is 3.78. The largest absolute Gasteiger partial charge is 1.00 e. The molecular formula is C22H29N2NaO3S. The Kier molecular flexibility index (Phi) is 9.50. The minimum atomic E-state index is -4.46. The zero-order valence-electron chi connectivity index (χ0n) is 17.4. The topological polar surface area (TPSA) is 72.5 Å². The third kappa shape index (κ3) is 6.72. The number of rotatable bonds is 10. The van der Waals surface area contributed by atoms with E-state index in [1.807, 2.05) is 18.2 Å². The first kappa shape index (κ1) is 24.2. The summed E-state index contributed by atoms with van der Waals surface area (Å²) in [6.07, 6.45) is 8.48. The van der Waals surface area contributed by atoms with Crippen molar-refractivity contribution < 1.29 is 42.5 Å². The maximum absolute atomic E-state index is 11.4. The summed E-state index contributed by atoms with van der Waals surface area (Å²) in [5, 5.41) is 3.44. The van der Waals surface area contributed by atoms with Gasteiger partial charge in [0, 0.05) is 6.54 Å². The van der Waals surface area contributed by atoms with Crippen LogP contribution < -0.4 is 39.8 Å². The fraction of sp³-hybridized carbons (Fsp3) is 0.455. The molecule has 29 heavy (non-hydrogen) atoms. The van der Waals surface area contributed by atoms with Crippen LogP contribution in [-0.4, -0.2) is 19.1 Å². The van der Waals surface area contributed by atoms with Crippen LogP contribution in [0.2, 0.25) is 0 Å². The van der Waals surface area contributed by atoms with E-state index >= 15 is 0 Å². The van der Waals surface area contributed by atoms with Crippen LogP contribution in [0.1, 0.15) is 57.4 Å². The maximum Gasteiger partial charge on any atom is 1.00 e. The van der Waals surface area contributed by atoms with E-state index in [1.165, 1.54) is 49.8 Å². The first-order valence-corrected chi connectivity index (χ1v) is 11.6. The minimum Gasteiger partial charge on any atom is -0.744 e. The molecule has 0 saturated carbocycles. The van der Waals surface area contributed by atoms with E-state index in [1.54, 1.807) is 6.07 Å². The second-order valence-corrected chi connectivity index (χ2v) is 8.84. The number of unbranched alkanes of at least 4 members (excludes halogenated alkanes) is 5. The first-order chi connectivity index (χ1) is 13.5. The molecule has 0 amide bonds. The quantitative estimate of drug-likeness (QED) is 0.359. The van der Waals surface area contributed by atoms with E-state index < -0.39 is 10.1 Å². The standard InChI is InChI=1S/C22H30N2O3S.Na/c1-2-3-4-5-6-10-13-22-23-20-16-19(28(25,26)27)14-15-21(20)24(22)17-18-11-8-7-9-12-18;/h7-9,11-12,14-16,22-23H,2-6,10,13,17H2,1H3,(H,25,26,27);/q;+1/p-1. The fourth-order valence-corrected chi connectivity index (χ4v) is 4.28. The SMILES string of the molecule is CCCCCCCCC1Nc2cc(S(=O)(=O)[O-])ccc2N1Cc1ccccc1.[Na+]. The summed E-state index contributed by atoms with van der Waals surface area (Å²) in [4.78, 5) is 2.09. The summed E-state index contributed by atoms with van der Waals surface area (Å²) in [6, 6.07) is 14.9. The van der Waals surface area contributed by atoms with Crippen molar-refractivity contribution in [2.24, 2.45) is 0 Å². The zero-order valence-corrected chi connectivity index (χ0v) is 20.2. The van der Waals surface area contributed by atoms with Gasteiger partial charge in [0.2, 0.25) is 0 Å². The number of benzene rings is 2. The predicted octanol–water partition coefficient (Wildman–Crippen LogP) is 2.10. The molecule has 7 heteroatoms. The monoisotopic (exact) mass is 424 g/mol. The van der Waals surface area contributed by atoms with Gasteiger partial charge in [-0.25, -0.2) is 8.42 Å². The predicted molar refractivity (Wildman–Crippen MR) is 112 cm³/mol. The van der Waals surface area contributed by atoms with Crippen molar-refractivity contribution in [3.8, 4) is 0 Å². The van der Waals surface area contributed by atoms with Gasteiger partial charge in [0.25, 0.3) is 0 Å². The van der Waals surface area contributed by atoms with Gasteiger partial charge in [-0.05, 0) is 36.6 Å². The molecule has 1 unspecified atom stereocenters. The van der Waals surface area contributed by atoms with E-state index in [4.69, 9.17) is 0 Å². The van der Waals surface area contributed by atoms with Crippen LogP contribution >= 0.6 is 0 Å². The number of anilines is 2. The Morgan fingerprint density at radius 2 is 1.69 bits per heavy atom. The molecule has 152 valence electrons. The summed E-state index contributed by atoms with van der Waals surface area (Å²) < 4.78 is 34.2. The Hall–Kier alpha value is -1.05. The van der Waals surface area contributed by atoms with Crippen LogP contribution in [0.25, 0.3) is 0 Å². The van der Waals surface area contributed by atoms with Gasteiger partial charge in [0.1, 0.15) is 10.1 Å². The number of hydrogen-bond acceptors (Lipinski definition) is 5. The number of fused-ring (bicyclic) bond motifs is 1. The zero-order chi connectivity index (χ0) is 20.0. The van der Waals surface area contributed by atoms with Crippen molar-refractivity contribution in [2.75, 3.05) is 10.2 Å². The molecule has 0 fully saturated rings. The summed E-state index contributed by atoms with van der Waals surface area (Å²) >= 11 is 0. The van der Waals surface area contributed by atoms with Crippen molar-refractivity contribution >= 4 is 21.5 Å². The molecule has 1 heterocycles. The van der Waals surface area contributed by atoms with Crippen molar-refractivity contribution in [1.29, 1.82) is 0 Å². The van der Waals surface area contributed by atoms with Gasteiger partial charge in [-0.1, -0.05) is 69.4 Å². The average Bonchev–Trinajstić information content (AvgIpc) is 3.01. The molecule has 1 aliphatic rings. The molecule has 0 bridgehead atoms. The van der Waals surface area contributed by atoms with E-state index in [-0.39, 0.29) is 40.6 Å². The Morgan fingerprint density at radius 1 is 1.00 bits per heavy atom. The molecule has 2 aromatic rings. The molecule has 3 rings (SSSR count). The third-order valence-corrected chi connectivity index (χ3v) is 6.12. The Labute approximate surface area is 196 Å². The van der Waals surface area contributed by atoms with Crippen LogP contribution in [0.3, 0.4) is 0 Å². The van der Waals surface area contributed by atoms with Gasteiger partial charge in [-0.15, -0.1) is 0 Å². The molecular weight excluding hydrogens is 395 g/mol. The number of hydrogen-bond donors (Lipinski definition) is 1. The Bertz CT molecular complexity index is 875. The van der Waals surface area contributed by atoms with Gasteiger partial charge in [-0.2, -0.15) is 0 Å². The van der Waals surface area contributed by atoms with Crippen molar-refractivity contribution in [3.05, 3.63) is 54.1 Å². The smallest absolute Gasteiger partial charge is 0.744 e. The molecule has 0 spiro atoms. The van der Waals surface area contributed by atoms with E-state index in [0.717, 1.165) is 30.8 Å². The van der Waals surface area contributed by atoms with Crippen LogP contribution in [-0.2, 0) is 16.7 Å². The maximum atomic E-state index is 11.4. The summed E-state index contributed by atoms with van der Waals surface area (Å²) in [5.74, 6) is 0. The van der Waals surface area contributed by atoms with Crippen LogP contribution in [0.15, 0.2) is 53.4 Å². The second kappa shape index (κ2) is 11.4. The number of nitrogens with one attached hydrogen (secondary N) is 1. The van der Waals surface area contributed by atoms with Gasteiger partial charge in [-0.3, -0.25) is 0 Å². The molecule has 1 atom stereocenters. The molecule has 5 nitrogen and oxygen atoms in total. The average molecular weight is 425 g/mol. The van der Waals surface area contributed by atoms with E-state index in [2.05, 4.69) is 29.3 Å². The van der Waals surface area contributed by atoms with Crippen LogP contribution in [0.5, 0.6) is 0 Å². The van der Waals surface area contributed by atoms with Crippen molar-refractivity contribution in [2.45, 2.75) is 69.5 Å². The summed E-state index contributed by atoms with van der Waals surface area (Å²) in [6.45, 7) is 2.96. The van der Waals surface area contributed by atoms with Crippen molar-refractivity contribution in [1.82, 2.24) is 0 Å². The molecule has 0 radical (unpaired) electrons. The van der Waals surface area contributed by atoms with Gasteiger partial charge >= 0.3 is 29.6 Å². The first-order valence-electron chi connectivity index (χ1n) is 10.2. The molecule has 1 N–H and O–H groups in total. The molecule has 0 aromatic heterocycles. The molecule has 1 aliphatic heterocycles. The van der Waals surface area contributed by atoms with E-state index in [9.17, 15) is 13.0 Å². The Morgan fingerprint density at radius 3 is 2.38 bits per heavy atom. The molecule has 0 aliphatic carbocycles. The Balaban J connectivity index is 0.00000300. The van der Waals surface area contributed by atoms with Crippen LogP contribution in [0, 0.1) is 0 Å². The normalized spacial score (nSPS) is 15.5. The van der Waals surface area contributed by atoms with Gasteiger partial charge < -0.3 is 14.8 Å². The summed E-state index contributed by atoms with van der Waals surface area (Å²) in [5.41, 5.74) is 2.88. The summed E-state index contributed by atoms with van der Waals surface area (Å²) in [7, 11) is -4.46. The minimum absolute atomic E-state index is 0. The molecule has 0 saturated heterocycles. The number of nitrogens with zero attached hydrogens (tertiary/aromatic N) is 1. The van der Waals surface area contributed by atoms with Gasteiger partial charge in [0.05, 0.1) is 22.4 Å². The van der Waals surface area contributed by atoms with Gasteiger partial charge in [0.15, 0.2) is 0 Å². The third-order valence-electron chi connectivity index (χ3n) is 5.29. The molecule has 2 aromatic carbocycles.